The summed E-state index contributed by atoms with van der Waals surface area (Å²) in [5.74, 6) is -1.16. The summed E-state index contributed by atoms with van der Waals surface area (Å²) < 4.78 is 1.75. The van der Waals surface area contributed by atoms with E-state index in [0.29, 0.717) is 0 Å². The summed E-state index contributed by atoms with van der Waals surface area (Å²) in [5.41, 5.74) is 2.05. The molecule has 1 heterocycles. The van der Waals surface area contributed by atoms with Crippen LogP contribution in [0.3, 0.4) is 0 Å². The quantitative estimate of drug-likeness (QED) is 0.798. The Kier molecular flexibility index (Phi) is 2.93. The van der Waals surface area contributed by atoms with Crippen molar-refractivity contribution >= 4 is 5.97 Å². The smallest absolute Gasteiger partial charge is 0.306 e. The molecule has 4 heteroatoms. The van der Waals surface area contributed by atoms with Gasteiger partial charge in [-0.05, 0) is 12.5 Å². The Bertz CT molecular complexity index is 324. The molecular formula is C10H16N2O2. The van der Waals surface area contributed by atoms with E-state index in [1.807, 2.05) is 20.9 Å². The van der Waals surface area contributed by atoms with Crippen LogP contribution >= 0.6 is 0 Å². The number of hydrogen-bond acceptors (Lipinski definition) is 2. The number of rotatable bonds is 3. The van der Waals surface area contributed by atoms with E-state index in [2.05, 4.69) is 5.10 Å². The maximum atomic E-state index is 10.8. The second-order valence-electron chi connectivity index (χ2n) is 3.75. The molecule has 14 heavy (non-hydrogen) atoms. The summed E-state index contributed by atoms with van der Waals surface area (Å²) in [6, 6.07) is 0. The minimum atomic E-state index is -0.766. The van der Waals surface area contributed by atoms with Gasteiger partial charge in [-0.15, -0.1) is 0 Å². The Morgan fingerprint density at radius 1 is 1.57 bits per heavy atom. The molecule has 0 saturated carbocycles. The molecule has 4 nitrogen and oxygen atoms in total. The highest BCUT2D eigenvalue weighted by Crippen LogP contribution is 2.26. The van der Waals surface area contributed by atoms with E-state index >= 15 is 0 Å². The Morgan fingerprint density at radius 3 is 2.50 bits per heavy atom. The standard InChI is InChI=1S/C10H16N2O2/c1-6-5-11-12(4)9(6)7(2)8(3)10(13)14/h5,7-8H,1-4H3,(H,13,14). The van der Waals surface area contributed by atoms with Crippen LogP contribution in [0.25, 0.3) is 0 Å². The van der Waals surface area contributed by atoms with Gasteiger partial charge in [0.05, 0.1) is 12.1 Å². The first-order valence-electron chi connectivity index (χ1n) is 4.66. The fourth-order valence-corrected chi connectivity index (χ4v) is 1.66. The Hall–Kier alpha value is -1.32. The Labute approximate surface area is 83.5 Å². The fraction of sp³-hybridized carbons (Fsp3) is 0.600. The van der Waals surface area contributed by atoms with Gasteiger partial charge < -0.3 is 5.11 Å². The van der Waals surface area contributed by atoms with Gasteiger partial charge in [0.15, 0.2) is 0 Å². The zero-order chi connectivity index (χ0) is 10.9. The first-order valence-corrected chi connectivity index (χ1v) is 4.66. The molecule has 0 saturated heterocycles. The van der Waals surface area contributed by atoms with Gasteiger partial charge in [0.1, 0.15) is 0 Å². The van der Waals surface area contributed by atoms with Crippen molar-refractivity contribution in [2.45, 2.75) is 26.7 Å². The summed E-state index contributed by atoms with van der Waals surface area (Å²) >= 11 is 0. The number of carboxylic acid groups (broad SMARTS) is 1. The zero-order valence-electron chi connectivity index (χ0n) is 8.98. The van der Waals surface area contributed by atoms with Crippen molar-refractivity contribution in [3.63, 3.8) is 0 Å². The molecule has 0 aliphatic rings. The molecule has 78 valence electrons. The predicted molar refractivity (Wildman–Crippen MR) is 53.2 cm³/mol. The van der Waals surface area contributed by atoms with Crippen molar-refractivity contribution < 1.29 is 9.90 Å². The van der Waals surface area contributed by atoms with E-state index in [0.717, 1.165) is 11.3 Å². The Morgan fingerprint density at radius 2 is 2.14 bits per heavy atom. The van der Waals surface area contributed by atoms with Crippen molar-refractivity contribution in [2.24, 2.45) is 13.0 Å². The van der Waals surface area contributed by atoms with Crippen LogP contribution in [0.4, 0.5) is 0 Å². The van der Waals surface area contributed by atoms with Gasteiger partial charge in [-0.1, -0.05) is 13.8 Å². The molecule has 0 radical (unpaired) electrons. The van der Waals surface area contributed by atoms with Crippen LogP contribution in [0.1, 0.15) is 31.0 Å². The van der Waals surface area contributed by atoms with Crippen molar-refractivity contribution in [3.05, 3.63) is 17.5 Å². The molecular weight excluding hydrogens is 180 g/mol. The molecule has 0 bridgehead atoms. The lowest BCUT2D eigenvalue weighted by Gasteiger charge is -2.17. The molecule has 0 aromatic carbocycles. The molecule has 0 amide bonds. The third-order valence-corrected chi connectivity index (χ3v) is 2.75. The molecule has 1 aromatic rings. The number of carboxylic acids is 1. The van der Waals surface area contributed by atoms with Gasteiger partial charge in [-0.2, -0.15) is 5.10 Å². The van der Waals surface area contributed by atoms with Crippen LogP contribution in [0.15, 0.2) is 6.20 Å². The summed E-state index contributed by atoms with van der Waals surface area (Å²) in [5, 5.41) is 13.0. The second kappa shape index (κ2) is 3.82. The molecule has 1 aromatic heterocycles. The van der Waals surface area contributed by atoms with Crippen LogP contribution in [-0.4, -0.2) is 20.9 Å². The van der Waals surface area contributed by atoms with Crippen molar-refractivity contribution in [1.29, 1.82) is 0 Å². The van der Waals surface area contributed by atoms with Crippen LogP contribution in [0.2, 0.25) is 0 Å². The monoisotopic (exact) mass is 196 g/mol. The average molecular weight is 196 g/mol. The van der Waals surface area contributed by atoms with Crippen LogP contribution in [0.5, 0.6) is 0 Å². The first-order chi connectivity index (χ1) is 6.45. The van der Waals surface area contributed by atoms with E-state index in [4.69, 9.17) is 5.11 Å². The van der Waals surface area contributed by atoms with Crippen LogP contribution < -0.4 is 0 Å². The van der Waals surface area contributed by atoms with Gasteiger partial charge in [-0.25, -0.2) is 0 Å². The first kappa shape index (κ1) is 10.8. The predicted octanol–water partition coefficient (Wildman–Crippen LogP) is 1.55. The summed E-state index contributed by atoms with van der Waals surface area (Å²) in [4.78, 5) is 10.8. The summed E-state index contributed by atoms with van der Waals surface area (Å²) in [6.45, 7) is 5.59. The normalized spacial score (nSPS) is 15.1. The fourth-order valence-electron chi connectivity index (χ4n) is 1.66. The topological polar surface area (TPSA) is 55.1 Å². The van der Waals surface area contributed by atoms with Crippen LogP contribution in [-0.2, 0) is 11.8 Å². The summed E-state index contributed by atoms with van der Waals surface area (Å²) in [7, 11) is 1.84. The van der Waals surface area contributed by atoms with E-state index < -0.39 is 5.97 Å². The van der Waals surface area contributed by atoms with Gasteiger partial charge in [0.2, 0.25) is 0 Å². The van der Waals surface area contributed by atoms with Gasteiger partial charge in [0.25, 0.3) is 0 Å². The largest absolute Gasteiger partial charge is 0.481 e. The molecule has 1 N–H and O–H groups in total. The molecule has 2 unspecified atom stereocenters. The highest BCUT2D eigenvalue weighted by atomic mass is 16.4. The number of hydrogen-bond donors (Lipinski definition) is 1. The Balaban J connectivity index is 2.99. The van der Waals surface area contributed by atoms with E-state index in [-0.39, 0.29) is 11.8 Å². The minimum Gasteiger partial charge on any atom is -0.481 e. The maximum absolute atomic E-state index is 10.8. The molecule has 2 atom stereocenters. The zero-order valence-corrected chi connectivity index (χ0v) is 8.98. The number of aromatic nitrogens is 2. The van der Waals surface area contributed by atoms with E-state index in [1.165, 1.54) is 0 Å². The van der Waals surface area contributed by atoms with Crippen molar-refractivity contribution in [3.8, 4) is 0 Å². The summed E-state index contributed by atoms with van der Waals surface area (Å²) in [6.07, 6.45) is 1.76. The lowest BCUT2D eigenvalue weighted by molar-refractivity contribution is -0.141. The highest BCUT2D eigenvalue weighted by Gasteiger charge is 2.24. The minimum absolute atomic E-state index is 0.0139. The van der Waals surface area contributed by atoms with Crippen LogP contribution in [0, 0.1) is 12.8 Å². The highest BCUT2D eigenvalue weighted by molar-refractivity contribution is 5.70. The molecule has 0 spiro atoms. The number of nitrogens with zero attached hydrogens (tertiary/aromatic N) is 2. The third-order valence-electron chi connectivity index (χ3n) is 2.75. The second-order valence-corrected chi connectivity index (χ2v) is 3.75. The third kappa shape index (κ3) is 1.78. The van der Waals surface area contributed by atoms with Crippen molar-refractivity contribution in [1.82, 2.24) is 9.78 Å². The van der Waals surface area contributed by atoms with E-state index in [1.54, 1.807) is 17.8 Å². The van der Waals surface area contributed by atoms with Gasteiger partial charge in [0, 0.05) is 18.7 Å². The molecule has 0 fully saturated rings. The number of aliphatic carboxylic acids is 1. The van der Waals surface area contributed by atoms with Gasteiger partial charge in [-0.3, -0.25) is 9.48 Å². The SMILES string of the molecule is Cc1cnn(C)c1C(C)C(C)C(=O)O. The molecule has 1 rings (SSSR count). The average Bonchev–Trinajstić information content (AvgIpc) is 2.44. The molecule has 0 aliphatic carbocycles. The van der Waals surface area contributed by atoms with Gasteiger partial charge >= 0.3 is 5.97 Å². The van der Waals surface area contributed by atoms with Crippen molar-refractivity contribution in [2.75, 3.05) is 0 Å². The number of carbonyl (C=O) groups is 1. The lowest BCUT2D eigenvalue weighted by atomic mass is 9.91. The number of aryl methyl sites for hydroxylation is 2. The maximum Gasteiger partial charge on any atom is 0.306 e. The molecule has 0 aliphatic heterocycles. The van der Waals surface area contributed by atoms with E-state index in [9.17, 15) is 4.79 Å². The lowest BCUT2D eigenvalue weighted by Crippen LogP contribution is -2.19.